The van der Waals surface area contributed by atoms with Gasteiger partial charge in [-0.25, -0.2) is 4.79 Å². The van der Waals surface area contributed by atoms with Crippen LogP contribution in [-0.4, -0.2) is 61.1 Å². The monoisotopic (exact) mass is 319 g/mol. The molecule has 0 aliphatic carbocycles. The SMILES string of the molecule is CCOC(=O)N1CCN(C(=O)CNCc2ccccc2C)CC1. The molecule has 1 aromatic carbocycles. The number of carbonyl (C=O) groups is 2. The first kappa shape index (κ1) is 17.3. The Morgan fingerprint density at radius 1 is 1.13 bits per heavy atom. The van der Waals surface area contributed by atoms with Crippen LogP contribution in [0.1, 0.15) is 18.1 Å². The Morgan fingerprint density at radius 3 is 2.43 bits per heavy atom. The quantitative estimate of drug-likeness (QED) is 0.891. The van der Waals surface area contributed by atoms with Gasteiger partial charge >= 0.3 is 6.09 Å². The van der Waals surface area contributed by atoms with Crippen LogP contribution in [0.15, 0.2) is 24.3 Å². The molecule has 23 heavy (non-hydrogen) atoms. The van der Waals surface area contributed by atoms with E-state index in [4.69, 9.17) is 4.74 Å². The summed E-state index contributed by atoms with van der Waals surface area (Å²) in [4.78, 5) is 27.3. The van der Waals surface area contributed by atoms with Crippen LogP contribution in [0.2, 0.25) is 0 Å². The summed E-state index contributed by atoms with van der Waals surface area (Å²) in [5.41, 5.74) is 2.42. The van der Waals surface area contributed by atoms with Crippen LogP contribution in [0.3, 0.4) is 0 Å². The van der Waals surface area contributed by atoms with Gasteiger partial charge in [-0.2, -0.15) is 0 Å². The van der Waals surface area contributed by atoms with E-state index in [9.17, 15) is 9.59 Å². The summed E-state index contributed by atoms with van der Waals surface area (Å²) in [6, 6.07) is 8.13. The Morgan fingerprint density at radius 2 is 1.78 bits per heavy atom. The van der Waals surface area contributed by atoms with Crippen LogP contribution in [0.5, 0.6) is 0 Å². The molecule has 1 N–H and O–H groups in total. The number of aryl methyl sites for hydroxylation is 1. The maximum atomic E-state index is 12.2. The number of nitrogens with one attached hydrogen (secondary N) is 1. The van der Waals surface area contributed by atoms with Gasteiger partial charge in [0.25, 0.3) is 0 Å². The third-order valence-electron chi connectivity index (χ3n) is 4.01. The van der Waals surface area contributed by atoms with Gasteiger partial charge < -0.3 is 19.9 Å². The number of ether oxygens (including phenoxy) is 1. The molecule has 6 nitrogen and oxygen atoms in total. The molecule has 1 fully saturated rings. The highest BCUT2D eigenvalue weighted by atomic mass is 16.6. The lowest BCUT2D eigenvalue weighted by Gasteiger charge is -2.34. The minimum absolute atomic E-state index is 0.0714. The second-order valence-electron chi connectivity index (χ2n) is 5.60. The molecule has 1 aromatic rings. The summed E-state index contributed by atoms with van der Waals surface area (Å²) in [6.45, 7) is 7.40. The van der Waals surface area contributed by atoms with Gasteiger partial charge in [-0.15, -0.1) is 0 Å². The molecular weight excluding hydrogens is 294 g/mol. The number of rotatable bonds is 5. The van der Waals surface area contributed by atoms with E-state index < -0.39 is 0 Å². The predicted molar refractivity (Wildman–Crippen MR) is 88.1 cm³/mol. The maximum absolute atomic E-state index is 12.2. The van der Waals surface area contributed by atoms with Crippen molar-refractivity contribution in [1.29, 1.82) is 0 Å². The van der Waals surface area contributed by atoms with Gasteiger partial charge in [0.05, 0.1) is 13.2 Å². The Labute approximate surface area is 137 Å². The van der Waals surface area contributed by atoms with Crippen LogP contribution in [-0.2, 0) is 16.1 Å². The number of carbonyl (C=O) groups excluding carboxylic acids is 2. The van der Waals surface area contributed by atoms with E-state index >= 15 is 0 Å². The molecule has 0 spiro atoms. The van der Waals surface area contributed by atoms with Gasteiger partial charge in [0.1, 0.15) is 0 Å². The molecular formula is C17H25N3O3. The van der Waals surface area contributed by atoms with Crippen LogP contribution in [0.25, 0.3) is 0 Å². The first-order chi connectivity index (χ1) is 11.1. The third-order valence-corrected chi connectivity index (χ3v) is 4.01. The van der Waals surface area contributed by atoms with Crippen molar-refractivity contribution in [2.75, 3.05) is 39.3 Å². The minimum Gasteiger partial charge on any atom is -0.450 e. The van der Waals surface area contributed by atoms with E-state index in [1.165, 1.54) is 11.1 Å². The second-order valence-corrected chi connectivity index (χ2v) is 5.60. The van der Waals surface area contributed by atoms with Crippen molar-refractivity contribution in [3.63, 3.8) is 0 Å². The fourth-order valence-corrected chi connectivity index (χ4v) is 2.58. The second kappa shape index (κ2) is 8.53. The molecule has 126 valence electrons. The van der Waals surface area contributed by atoms with E-state index in [0.717, 1.165) is 0 Å². The first-order valence-corrected chi connectivity index (χ1v) is 8.06. The highest BCUT2D eigenvalue weighted by Crippen LogP contribution is 2.07. The van der Waals surface area contributed by atoms with Gasteiger partial charge in [0, 0.05) is 32.7 Å². The average molecular weight is 319 g/mol. The van der Waals surface area contributed by atoms with Crippen LogP contribution >= 0.6 is 0 Å². The largest absolute Gasteiger partial charge is 0.450 e. The number of hydrogen-bond donors (Lipinski definition) is 1. The van der Waals surface area contributed by atoms with Gasteiger partial charge in [-0.1, -0.05) is 24.3 Å². The van der Waals surface area contributed by atoms with Crippen molar-refractivity contribution in [1.82, 2.24) is 15.1 Å². The normalized spacial score (nSPS) is 14.7. The number of hydrogen-bond acceptors (Lipinski definition) is 4. The number of nitrogens with zero attached hydrogens (tertiary/aromatic N) is 2. The molecule has 0 atom stereocenters. The summed E-state index contributed by atoms with van der Waals surface area (Å²) >= 11 is 0. The molecule has 0 radical (unpaired) electrons. The molecule has 2 rings (SSSR count). The smallest absolute Gasteiger partial charge is 0.409 e. The first-order valence-electron chi connectivity index (χ1n) is 8.06. The van der Waals surface area contributed by atoms with E-state index in [1.807, 2.05) is 12.1 Å². The van der Waals surface area contributed by atoms with Gasteiger partial charge in [0.2, 0.25) is 5.91 Å². The van der Waals surface area contributed by atoms with Crippen molar-refractivity contribution in [3.8, 4) is 0 Å². The Balaban J connectivity index is 1.71. The highest BCUT2D eigenvalue weighted by molar-refractivity contribution is 5.78. The zero-order valence-corrected chi connectivity index (χ0v) is 13.9. The molecule has 0 unspecified atom stereocenters. The Kier molecular flexibility index (Phi) is 6.40. The predicted octanol–water partition coefficient (Wildman–Crippen LogP) is 1.39. The Hall–Kier alpha value is -2.08. The number of benzene rings is 1. The van der Waals surface area contributed by atoms with Gasteiger partial charge in [-0.3, -0.25) is 4.79 Å². The molecule has 1 heterocycles. The topological polar surface area (TPSA) is 61.9 Å². The van der Waals surface area contributed by atoms with E-state index in [1.54, 1.807) is 16.7 Å². The summed E-state index contributed by atoms with van der Waals surface area (Å²) in [7, 11) is 0. The fraction of sp³-hybridized carbons (Fsp3) is 0.529. The number of amides is 2. The van der Waals surface area contributed by atoms with E-state index in [0.29, 0.717) is 45.9 Å². The lowest BCUT2D eigenvalue weighted by molar-refractivity contribution is -0.131. The van der Waals surface area contributed by atoms with Gasteiger partial charge in [-0.05, 0) is 25.0 Å². The van der Waals surface area contributed by atoms with Crippen LogP contribution < -0.4 is 5.32 Å². The lowest BCUT2D eigenvalue weighted by Crippen LogP contribution is -2.52. The molecule has 1 aliphatic rings. The standard InChI is InChI=1S/C17H25N3O3/c1-3-23-17(22)20-10-8-19(9-11-20)16(21)13-18-12-15-7-5-4-6-14(15)2/h4-7,18H,3,8-13H2,1-2H3. The summed E-state index contributed by atoms with van der Waals surface area (Å²) in [6.07, 6.45) is -0.294. The highest BCUT2D eigenvalue weighted by Gasteiger charge is 2.24. The lowest BCUT2D eigenvalue weighted by atomic mass is 10.1. The van der Waals surface area contributed by atoms with Crippen molar-refractivity contribution in [2.45, 2.75) is 20.4 Å². The summed E-state index contributed by atoms with van der Waals surface area (Å²) in [5, 5.41) is 3.20. The van der Waals surface area contributed by atoms with E-state index in [2.05, 4.69) is 24.4 Å². The summed E-state index contributed by atoms with van der Waals surface area (Å²) in [5.74, 6) is 0.0714. The zero-order valence-electron chi connectivity index (χ0n) is 13.9. The molecule has 0 saturated carbocycles. The molecule has 2 amide bonds. The summed E-state index contributed by atoms with van der Waals surface area (Å²) < 4.78 is 4.97. The average Bonchev–Trinajstić information content (AvgIpc) is 2.57. The molecule has 0 aromatic heterocycles. The molecule has 0 bridgehead atoms. The maximum Gasteiger partial charge on any atom is 0.409 e. The van der Waals surface area contributed by atoms with Crippen LogP contribution in [0.4, 0.5) is 4.79 Å². The zero-order chi connectivity index (χ0) is 16.7. The minimum atomic E-state index is -0.294. The molecule has 6 heteroatoms. The van der Waals surface area contributed by atoms with Gasteiger partial charge in [0.15, 0.2) is 0 Å². The van der Waals surface area contributed by atoms with Crippen molar-refractivity contribution >= 4 is 12.0 Å². The molecule has 1 aliphatic heterocycles. The third kappa shape index (κ3) is 4.96. The van der Waals surface area contributed by atoms with E-state index in [-0.39, 0.29) is 12.0 Å². The van der Waals surface area contributed by atoms with Crippen molar-refractivity contribution < 1.29 is 14.3 Å². The Bertz CT molecular complexity index is 540. The molecule has 1 saturated heterocycles. The fourth-order valence-electron chi connectivity index (χ4n) is 2.58. The van der Waals surface area contributed by atoms with Crippen LogP contribution in [0, 0.1) is 6.92 Å². The number of piperazine rings is 1. The van der Waals surface area contributed by atoms with Crippen molar-refractivity contribution in [2.24, 2.45) is 0 Å². The van der Waals surface area contributed by atoms with Crippen molar-refractivity contribution in [3.05, 3.63) is 35.4 Å².